The van der Waals surface area contributed by atoms with E-state index >= 15 is 0 Å². The lowest BCUT2D eigenvalue weighted by Crippen LogP contribution is -2.22. The minimum atomic E-state index is -3.73. The average Bonchev–Trinajstić information content (AvgIpc) is 3.12. The molecule has 0 unspecified atom stereocenters. The number of nitrogens with zero attached hydrogens (tertiary/aromatic N) is 1. The summed E-state index contributed by atoms with van der Waals surface area (Å²) in [5.74, 6) is -1.14. The van der Waals surface area contributed by atoms with Crippen LogP contribution in [0, 0.1) is 23.2 Å². The Hall–Kier alpha value is -2.07. The molecular weight excluding hydrogens is 421 g/mol. The zero-order valence-corrected chi connectivity index (χ0v) is 17.0. The molecule has 2 aromatic carbocycles. The SMILES string of the molecule is N#CC(=O)[C@@H]1C[C@H](S(=O)(=O)c2ccccc2Cl)C[C@H]1COc1ccc(Cl)cc1. The van der Waals surface area contributed by atoms with Crippen LogP contribution in [-0.4, -0.2) is 26.1 Å². The minimum absolute atomic E-state index is 0.0455. The average molecular weight is 438 g/mol. The zero-order valence-electron chi connectivity index (χ0n) is 14.7. The largest absolute Gasteiger partial charge is 0.493 e. The summed E-state index contributed by atoms with van der Waals surface area (Å²) in [7, 11) is -3.73. The van der Waals surface area contributed by atoms with Gasteiger partial charge in [0, 0.05) is 16.9 Å². The van der Waals surface area contributed by atoms with Gasteiger partial charge in [0.25, 0.3) is 0 Å². The maximum atomic E-state index is 13.0. The topological polar surface area (TPSA) is 84.2 Å². The Morgan fingerprint density at radius 3 is 2.43 bits per heavy atom. The van der Waals surface area contributed by atoms with Crippen LogP contribution in [0.2, 0.25) is 10.0 Å². The van der Waals surface area contributed by atoms with E-state index in [2.05, 4.69) is 0 Å². The van der Waals surface area contributed by atoms with Crippen molar-refractivity contribution >= 4 is 38.8 Å². The van der Waals surface area contributed by atoms with Crippen LogP contribution in [-0.2, 0) is 14.6 Å². The Labute approximate surface area is 173 Å². The second kappa shape index (κ2) is 8.52. The number of Topliss-reactive ketones (excluding diaryl/α,β-unsaturated/α-hetero) is 1. The van der Waals surface area contributed by atoms with Gasteiger partial charge in [0.05, 0.1) is 21.8 Å². The summed E-state index contributed by atoms with van der Waals surface area (Å²) < 4.78 is 31.8. The molecule has 0 bridgehead atoms. The Kier molecular flexibility index (Phi) is 6.29. The van der Waals surface area contributed by atoms with Gasteiger partial charge in [-0.1, -0.05) is 35.3 Å². The van der Waals surface area contributed by atoms with Gasteiger partial charge in [-0.25, -0.2) is 8.42 Å². The molecule has 28 heavy (non-hydrogen) atoms. The van der Waals surface area contributed by atoms with E-state index in [1.165, 1.54) is 12.1 Å². The van der Waals surface area contributed by atoms with Crippen molar-refractivity contribution in [3.63, 3.8) is 0 Å². The number of carbonyl (C=O) groups is 1. The number of nitriles is 1. The molecule has 0 N–H and O–H groups in total. The molecule has 3 atom stereocenters. The zero-order chi connectivity index (χ0) is 20.3. The summed E-state index contributed by atoms with van der Waals surface area (Å²) in [5.41, 5.74) is 0. The van der Waals surface area contributed by atoms with Crippen molar-refractivity contribution in [3.05, 3.63) is 58.6 Å². The van der Waals surface area contributed by atoms with Crippen molar-refractivity contribution in [2.45, 2.75) is 23.0 Å². The fourth-order valence-electron chi connectivity index (χ4n) is 3.50. The molecule has 0 saturated heterocycles. The van der Waals surface area contributed by atoms with Gasteiger partial charge in [-0.2, -0.15) is 5.26 Å². The number of halogens is 2. The number of carbonyl (C=O) groups excluding carboxylic acids is 1. The molecule has 146 valence electrons. The number of sulfone groups is 1. The van der Waals surface area contributed by atoms with E-state index in [1.54, 1.807) is 42.5 Å². The van der Waals surface area contributed by atoms with Crippen LogP contribution in [0.5, 0.6) is 5.75 Å². The molecule has 1 fully saturated rings. The molecule has 1 aliphatic rings. The Bertz CT molecular complexity index is 1020. The minimum Gasteiger partial charge on any atom is -0.493 e. The fourth-order valence-corrected chi connectivity index (χ4v) is 6.02. The molecule has 5 nitrogen and oxygen atoms in total. The van der Waals surface area contributed by atoms with E-state index in [9.17, 15) is 13.2 Å². The number of hydrogen-bond acceptors (Lipinski definition) is 5. The van der Waals surface area contributed by atoms with Gasteiger partial charge in [-0.15, -0.1) is 0 Å². The molecule has 0 spiro atoms. The molecule has 0 heterocycles. The van der Waals surface area contributed by atoms with Crippen LogP contribution in [0.15, 0.2) is 53.4 Å². The number of hydrogen-bond donors (Lipinski definition) is 0. The molecular formula is C20H17Cl2NO4S. The van der Waals surface area contributed by atoms with Crippen LogP contribution in [0.1, 0.15) is 12.8 Å². The van der Waals surface area contributed by atoms with Gasteiger partial charge in [-0.05, 0) is 49.2 Å². The molecule has 2 aromatic rings. The summed E-state index contributed by atoms with van der Waals surface area (Å²) >= 11 is 11.9. The van der Waals surface area contributed by atoms with Crippen molar-refractivity contribution in [1.29, 1.82) is 5.26 Å². The summed E-state index contributed by atoms with van der Waals surface area (Å²) in [5, 5.41) is 8.97. The standard InChI is InChI=1S/C20H17Cl2NO4S/c21-14-5-7-15(8-6-14)27-12-13-9-16(10-17(13)19(24)11-23)28(25,26)20-4-2-1-3-18(20)22/h1-8,13,16-17H,9-10,12H2/t13-,16+,17+/m0/s1. The molecule has 0 aromatic heterocycles. The van der Waals surface area contributed by atoms with E-state index < -0.39 is 26.8 Å². The van der Waals surface area contributed by atoms with Gasteiger partial charge in [0.2, 0.25) is 5.78 Å². The van der Waals surface area contributed by atoms with E-state index in [4.69, 9.17) is 33.2 Å². The number of rotatable bonds is 6. The quantitative estimate of drug-likeness (QED) is 0.627. The normalized spacial score (nSPS) is 21.8. The highest BCUT2D eigenvalue weighted by Gasteiger charge is 2.45. The lowest BCUT2D eigenvalue weighted by atomic mass is 9.93. The van der Waals surface area contributed by atoms with Gasteiger partial charge >= 0.3 is 0 Å². The van der Waals surface area contributed by atoms with Gasteiger partial charge < -0.3 is 4.74 Å². The van der Waals surface area contributed by atoms with Gasteiger partial charge in [-0.3, -0.25) is 4.79 Å². The van der Waals surface area contributed by atoms with E-state index in [1.807, 2.05) is 0 Å². The van der Waals surface area contributed by atoms with Crippen molar-refractivity contribution in [2.75, 3.05) is 6.61 Å². The Morgan fingerprint density at radius 2 is 1.79 bits per heavy atom. The second-order valence-corrected chi connectivity index (χ2v) is 9.72. The van der Waals surface area contributed by atoms with Crippen LogP contribution in [0.3, 0.4) is 0 Å². The highest BCUT2D eigenvalue weighted by atomic mass is 35.5. The molecule has 0 radical (unpaired) electrons. The predicted octanol–water partition coefficient (Wildman–Crippen LogP) is 4.33. The number of ketones is 1. The summed E-state index contributed by atoms with van der Waals surface area (Å²) in [6.45, 7) is 0.133. The number of benzene rings is 2. The fraction of sp³-hybridized carbons (Fsp3) is 0.300. The van der Waals surface area contributed by atoms with Crippen LogP contribution in [0.25, 0.3) is 0 Å². The first-order chi connectivity index (χ1) is 13.3. The van der Waals surface area contributed by atoms with Crippen molar-refractivity contribution < 1.29 is 17.9 Å². The first-order valence-corrected chi connectivity index (χ1v) is 10.9. The predicted molar refractivity (Wildman–Crippen MR) is 106 cm³/mol. The summed E-state index contributed by atoms with van der Waals surface area (Å²) in [6.07, 6.45) is 0.299. The van der Waals surface area contributed by atoms with Crippen molar-refractivity contribution in [2.24, 2.45) is 11.8 Å². The Morgan fingerprint density at radius 1 is 1.11 bits per heavy atom. The van der Waals surface area contributed by atoms with E-state index in [0.29, 0.717) is 10.8 Å². The summed E-state index contributed by atoms with van der Waals surface area (Å²) in [4.78, 5) is 12.1. The first kappa shape index (κ1) is 20.7. The van der Waals surface area contributed by atoms with Gasteiger partial charge in [0.15, 0.2) is 9.84 Å². The van der Waals surface area contributed by atoms with E-state index in [-0.39, 0.29) is 35.3 Å². The molecule has 0 amide bonds. The van der Waals surface area contributed by atoms with Gasteiger partial charge in [0.1, 0.15) is 11.8 Å². The van der Waals surface area contributed by atoms with Crippen LogP contribution < -0.4 is 4.74 Å². The third kappa shape index (κ3) is 4.33. The maximum absolute atomic E-state index is 13.0. The molecule has 3 rings (SSSR count). The van der Waals surface area contributed by atoms with Crippen LogP contribution in [0.4, 0.5) is 0 Å². The molecule has 1 aliphatic carbocycles. The maximum Gasteiger partial charge on any atom is 0.235 e. The van der Waals surface area contributed by atoms with Crippen LogP contribution >= 0.6 is 23.2 Å². The molecule has 1 saturated carbocycles. The third-order valence-electron chi connectivity index (χ3n) is 4.96. The smallest absolute Gasteiger partial charge is 0.235 e. The summed E-state index contributed by atoms with van der Waals surface area (Å²) in [6, 6.07) is 14.6. The highest BCUT2D eigenvalue weighted by molar-refractivity contribution is 7.92. The molecule has 0 aliphatic heterocycles. The third-order valence-corrected chi connectivity index (χ3v) is 7.88. The first-order valence-electron chi connectivity index (χ1n) is 8.63. The van der Waals surface area contributed by atoms with Crippen molar-refractivity contribution in [1.82, 2.24) is 0 Å². The highest BCUT2D eigenvalue weighted by Crippen LogP contribution is 2.40. The van der Waals surface area contributed by atoms with E-state index in [0.717, 1.165) is 0 Å². The Balaban J connectivity index is 1.80. The lowest BCUT2D eigenvalue weighted by molar-refractivity contribution is -0.118. The number of ether oxygens (including phenoxy) is 1. The van der Waals surface area contributed by atoms with Crippen molar-refractivity contribution in [3.8, 4) is 11.8 Å². The monoisotopic (exact) mass is 437 g/mol. The molecule has 8 heteroatoms. The lowest BCUT2D eigenvalue weighted by Gasteiger charge is -2.16. The second-order valence-electron chi connectivity index (χ2n) is 6.68.